The van der Waals surface area contributed by atoms with Crippen molar-refractivity contribution in [3.05, 3.63) is 66.2 Å². The van der Waals surface area contributed by atoms with Gasteiger partial charge >= 0.3 is 5.97 Å². The van der Waals surface area contributed by atoms with Gasteiger partial charge in [0, 0.05) is 11.3 Å². The van der Waals surface area contributed by atoms with E-state index in [-0.39, 0.29) is 17.3 Å². The van der Waals surface area contributed by atoms with Gasteiger partial charge in [0.05, 0.1) is 5.92 Å². The minimum atomic E-state index is -0.0673. The van der Waals surface area contributed by atoms with E-state index in [0.717, 1.165) is 17.7 Å². The van der Waals surface area contributed by atoms with Crippen LogP contribution in [0.4, 0.5) is 0 Å². The molecule has 3 rings (SSSR count). The molecular formula is C17H16O2S. The Morgan fingerprint density at radius 1 is 1.00 bits per heavy atom. The van der Waals surface area contributed by atoms with Gasteiger partial charge in [0.1, 0.15) is 0 Å². The topological polar surface area (TPSA) is 26.3 Å². The van der Waals surface area contributed by atoms with Crippen LogP contribution in [-0.2, 0) is 16.0 Å². The second-order valence-corrected chi connectivity index (χ2v) is 6.15. The lowest BCUT2D eigenvalue weighted by molar-refractivity contribution is -0.142. The first kappa shape index (κ1) is 13.3. The lowest BCUT2D eigenvalue weighted by Crippen LogP contribution is -2.10. The molecule has 0 spiro atoms. The number of ether oxygens (including phenoxy) is 1. The summed E-state index contributed by atoms with van der Waals surface area (Å²) in [6.45, 7) is 0. The molecule has 2 unspecified atom stereocenters. The fraction of sp³-hybridized carbons (Fsp3) is 0.235. The summed E-state index contributed by atoms with van der Waals surface area (Å²) in [6, 6.07) is 20.2. The highest BCUT2D eigenvalue weighted by atomic mass is 32.2. The van der Waals surface area contributed by atoms with Crippen LogP contribution in [0, 0.1) is 5.92 Å². The van der Waals surface area contributed by atoms with E-state index in [0.29, 0.717) is 0 Å². The Labute approximate surface area is 123 Å². The predicted octanol–water partition coefficient (Wildman–Crippen LogP) is 3.91. The van der Waals surface area contributed by atoms with Crippen LogP contribution >= 0.6 is 11.8 Å². The Bertz CT molecular complexity index is 568. The number of rotatable bonds is 4. The summed E-state index contributed by atoms with van der Waals surface area (Å²) < 4.78 is 5.47. The molecule has 1 fully saturated rings. The quantitative estimate of drug-likeness (QED) is 0.796. The van der Waals surface area contributed by atoms with Crippen LogP contribution in [0.5, 0.6) is 0 Å². The average Bonchev–Trinajstić information content (AvgIpc) is 2.81. The molecule has 1 aliphatic heterocycles. The maximum absolute atomic E-state index is 11.9. The molecule has 2 atom stereocenters. The molecule has 2 nitrogen and oxygen atoms in total. The third-order valence-corrected chi connectivity index (χ3v) is 4.49. The van der Waals surface area contributed by atoms with Crippen molar-refractivity contribution in [2.75, 3.05) is 0 Å². The van der Waals surface area contributed by atoms with Crippen LogP contribution < -0.4 is 0 Å². The van der Waals surface area contributed by atoms with E-state index in [1.807, 2.05) is 48.5 Å². The molecule has 1 heterocycles. The fourth-order valence-electron chi connectivity index (χ4n) is 2.39. The van der Waals surface area contributed by atoms with Gasteiger partial charge in [-0.1, -0.05) is 60.3 Å². The Hall–Kier alpha value is -1.74. The molecule has 20 heavy (non-hydrogen) atoms. The first-order chi connectivity index (χ1) is 9.81. The normalized spacial score (nSPS) is 21.7. The van der Waals surface area contributed by atoms with Gasteiger partial charge in [-0.2, -0.15) is 0 Å². The average molecular weight is 284 g/mol. The van der Waals surface area contributed by atoms with Crippen molar-refractivity contribution in [3.63, 3.8) is 0 Å². The number of benzene rings is 2. The first-order valence-corrected chi connectivity index (χ1v) is 7.65. The van der Waals surface area contributed by atoms with E-state index in [4.69, 9.17) is 4.74 Å². The Kier molecular flexibility index (Phi) is 4.07. The Morgan fingerprint density at radius 3 is 2.35 bits per heavy atom. The monoisotopic (exact) mass is 284 g/mol. The highest BCUT2D eigenvalue weighted by Crippen LogP contribution is 2.35. The zero-order valence-electron chi connectivity index (χ0n) is 11.1. The predicted molar refractivity (Wildman–Crippen MR) is 80.4 cm³/mol. The molecule has 0 bridgehead atoms. The number of hydrogen-bond acceptors (Lipinski definition) is 3. The van der Waals surface area contributed by atoms with Gasteiger partial charge in [0.25, 0.3) is 0 Å². The number of esters is 1. The molecule has 0 amide bonds. The summed E-state index contributed by atoms with van der Waals surface area (Å²) in [5.74, 6) is -0.0825. The lowest BCUT2D eigenvalue weighted by Gasteiger charge is -2.08. The van der Waals surface area contributed by atoms with Crippen LogP contribution in [0.15, 0.2) is 65.6 Å². The van der Waals surface area contributed by atoms with Crippen molar-refractivity contribution in [2.24, 2.45) is 5.92 Å². The van der Waals surface area contributed by atoms with Crippen LogP contribution in [0.2, 0.25) is 0 Å². The van der Waals surface area contributed by atoms with Crippen molar-refractivity contribution in [3.8, 4) is 0 Å². The molecule has 102 valence electrons. The molecule has 0 aliphatic carbocycles. The SMILES string of the molecule is O=C1OC(Sc2ccccc2)CC1Cc1ccccc1. The van der Waals surface area contributed by atoms with Crippen molar-refractivity contribution in [2.45, 2.75) is 23.2 Å². The van der Waals surface area contributed by atoms with Crippen molar-refractivity contribution >= 4 is 17.7 Å². The molecule has 0 saturated carbocycles. The zero-order chi connectivity index (χ0) is 13.8. The van der Waals surface area contributed by atoms with Crippen LogP contribution in [-0.4, -0.2) is 11.4 Å². The molecule has 0 aromatic heterocycles. The van der Waals surface area contributed by atoms with Crippen LogP contribution in [0.1, 0.15) is 12.0 Å². The number of thioether (sulfide) groups is 1. The van der Waals surface area contributed by atoms with Gasteiger partial charge in [-0.25, -0.2) is 0 Å². The third-order valence-electron chi connectivity index (χ3n) is 3.39. The molecule has 0 radical (unpaired) electrons. The van der Waals surface area contributed by atoms with Gasteiger partial charge in [0.2, 0.25) is 0 Å². The Morgan fingerprint density at radius 2 is 1.65 bits per heavy atom. The summed E-state index contributed by atoms with van der Waals surface area (Å²) in [7, 11) is 0. The van der Waals surface area contributed by atoms with E-state index in [1.165, 1.54) is 5.56 Å². The smallest absolute Gasteiger partial charge is 0.310 e. The maximum atomic E-state index is 11.9. The highest BCUT2D eigenvalue weighted by Gasteiger charge is 2.34. The van der Waals surface area contributed by atoms with Crippen LogP contribution in [0.3, 0.4) is 0 Å². The minimum Gasteiger partial charge on any atom is -0.451 e. The molecule has 1 saturated heterocycles. The van der Waals surface area contributed by atoms with Crippen LogP contribution in [0.25, 0.3) is 0 Å². The summed E-state index contributed by atoms with van der Waals surface area (Å²) in [5.41, 5.74) is 1.14. The Balaban J connectivity index is 1.61. The molecule has 3 heteroatoms. The summed E-state index contributed by atoms with van der Waals surface area (Å²) in [4.78, 5) is 13.1. The molecule has 2 aromatic rings. The second kappa shape index (κ2) is 6.14. The number of carbonyl (C=O) groups excluding carboxylic acids is 1. The van der Waals surface area contributed by atoms with E-state index in [9.17, 15) is 4.79 Å². The lowest BCUT2D eigenvalue weighted by atomic mass is 9.98. The van der Waals surface area contributed by atoms with Crippen molar-refractivity contribution in [1.29, 1.82) is 0 Å². The molecule has 0 N–H and O–H groups in total. The molecule has 2 aromatic carbocycles. The maximum Gasteiger partial charge on any atom is 0.310 e. The van der Waals surface area contributed by atoms with E-state index >= 15 is 0 Å². The largest absolute Gasteiger partial charge is 0.451 e. The molecular weight excluding hydrogens is 268 g/mol. The van der Waals surface area contributed by atoms with E-state index in [1.54, 1.807) is 11.8 Å². The highest BCUT2D eigenvalue weighted by molar-refractivity contribution is 7.99. The van der Waals surface area contributed by atoms with Gasteiger partial charge in [0.15, 0.2) is 5.44 Å². The fourth-order valence-corrected chi connectivity index (χ4v) is 3.48. The molecule has 1 aliphatic rings. The first-order valence-electron chi connectivity index (χ1n) is 6.77. The van der Waals surface area contributed by atoms with Gasteiger partial charge in [-0.15, -0.1) is 0 Å². The van der Waals surface area contributed by atoms with E-state index in [2.05, 4.69) is 12.1 Å². The zero-order valence-corrected chi connectivity index (χ0v) is 11.9. The standard InChI is InChI=1S/C17H16O2S/c18-17-14(11-13-7-3-1-4-8-13)12-16(19-17)20-15-9-5-2-6-10-15/h1-10,14,16H,11-12H2. The van der Waals surface area contributed by atoms with Gasteiger partial charge in [-0.05, 0) is 24.1 Å². The summed E-state index contributed by atoms with van der Waals surface area (Å²) in [5, 5.41) is 0. The third kappa shape index (κ3) is 3.23. The minimum absolute atomic E-state index is 0.0152. The number of carbonyl (C=O) groups is 1. The van der Waals surface area contributed by atoms with Crippen molar-refractivity contribution in [1.82, 2.24) is 0 Å². The second-order valence-electron chi connectivity index (χ2n) is 4.92. The van der Waals surface area contributed by atoms with E-state index < -0.39 is 0 Å². The number of hydrogen-bond donors (Lipinski definition) is 0. The summed E-state index contributed by atoms with van der Waals surface area (Å²) >= 11 is 1.63. The van der Waals surface area contributed by atoms with Gasteiger partial charge in [-0.3, -0.25) is 4.79 Å². The number of cyclic esters (lactones) is 1. The summed E-state index contributed by atoms with van der Waals surface area (Å²) in [6.07, 6.45) is 1.55. The van der Waals surface area contributed by atoms with Crippen molar-refractivity contribution < 1.29 is 9.53 Å². The van der Waals surface area contributed by atoms with Gasteiger partial charge < -0.3 is 4.74 Å².